The van der Waals surface area contributed by atoms with Gasteiger partial charge in [0.15, 0.2) is 0 Å². The number of ether oxygens (including phenoxy) is 2. The van der Waals surface area contributed by atoms with E-state index in [1.165, 1.54) is 30.6 Å². The van der Waals surface area contributed by atoms with Crippen LogP contribution in [0.15, 0.2) is 53.8 Å². The quantitative estimate of drug-likeness (QED) is 0.408. The third-order valence-electron chi connectivity index (χ3n) is 5.66. The zero-order valence-electron chi connectivity index (χ0n) is 19.7. The Kier molecular flexibility index (Phi) is 7.67. The van der Waals surface area contributed by atoms with Crippen molar-refractivity contribution in [3.05, 3.63) is 53.8 Å². The second kappa shape index (κ2) is 11.0. The molecule has 3 N–H and O–H groups in total. The molecule has 2 aromatic rings. The summed E-state index contributed by atoms with van der Waals surface area (Å²) in [6.45, 7) is 7.97. The fourth-order valence-corrected chi connectivity index (χ4v) is 4.03. The summed E-state index contributed by atoms with van der Waals surface area (Å²) in [7, 11) is 0. The molecule has 2 heterocycles. The van der Waals surface area contributed by atoms with Crippen LogP contribution in [0.4, 0.5) is 11.9 Å². The molecule has 1 unspecified atom stereocenters. The van der Waals surface area contributed by atoms with Crippen LogP contribution in [0.1, 0.15) is 33.1 Å². The molecule has 4 rings (SSSR count). The Morgan fingerprint density at radius 3 is 2.71 bits per heavy atom. The van der Waals surface area contributed by atoms with E-state index in [2.05, 4.69) is 20.3 Å². The molecule has 0 saturated carbocycles. The zero-order valence-corrected chi connectivity index (χ0v) is 19.7. The second-order valence-corrected chi connectivity index (χ2v) is 8.70. The second-order valence-electron chi connectivity index (χ2n) is 8.70. The number of aromatic nitrogens is 3. The lowest BCUT2D eigenvalue weighted by Crippen LogP contribution is -2.23. The maximum absolute atomic E-state index is 11.6. The Morgan fingerprint density at radius 2 is 2.00 bits per heavy atom. The lowest BCUT2D eigenvalue weighted by atomic mass is 10.0. The number of nitrogens with zero attached hydrogens (tertiary/aromatic N) is 4. The smallest absolute Gasteiger partial charge is 0.245 e. The lowest BCUT2D eigenvalue weighted by Gasteiger charge is -2.19. The minimum atomic E-state index is -0.425. The SMILES string of the molecule is CC(C)Oc1ccc(-n2nc(NC3C=CC(OCCCN4CCCC4)=CC3=C=O)nc2N)cc1. The number of hydrogen-bond donors (Lipinski definition) is 2. The minimum absolute atomic E-state index is 0.0941. The summed E-state index contributed by atoms with van der Waals surface area (Å²) in [5, 5.41) is 7.58. The molecule has 1 fully saturated rings. The molecule has 9 heteroatoms. The summed E-state index contributed by atoms with van der Waals surface area (Å²) in [5.74, 6) is 3.96. The fourth-order valence-electron chi connectivity index (χ4n) is 4.03. The molecule has 0 amide bonds. The van der Waals surface area contributed by atoms with Crippen LogP contribution in [-0.2, 0) is 9.53 Å². The van der Waals surface area contributed by atoms with Gasteiger partial charge in [-0.3, -0.25) is 0 Å². The average molecular weight is 465 g/mol. The Balaban J connectivity index is 1.34. The van der Waals surface area contributed by atoms with E-state index in [0.717, 1.165) is 24.4 Å². The third kappa shape index (κ3) is 6.07. The fraction of sp³-hybridized carbons (Fsp3) is 0.440. The summed E-state index contributed by atoms with van der Waals surface area (Å²) >= 11 is 0. The van der Waals surface area contributed by atoms with Crippen LogP contribution in [-0.4, -0.2) is 64.0 Å². The van der Waals surface area contributed by atoms with Gasteiger partial charge in [0.1, 0.15) is 17.5 Å². The van der Waals surface area contributed by atoms with E-state index in [1.54, 1.807) is 6.08 Å². The molecule has 0 radical (unpaired) electrons. The number of anilines is 2. The minimum Gasteiger partial charge on any atom is -0.494 e. The summed E-state index contributed by atoms with van der Waals surface area (Å²) in [6, 6.07) is 7.02. The largest absolute Gasteiger partial charge is 0.494 e. The monoisotopic (exact) mass is 464 g/mol. The number of nitrogens with one attached hydrogen (secondary N) is 1. The van der Waals surface area contributed by atoms with Gasteiger partial charge in [0, 0.05) is 6.54 Å². The molecule has 9 nitrogen and oxygen atoms in total. The van der Waals surface area contributed by atoms with Crippen LogP contribution in [0.2, 0.25) is 0 Å². The van der Waals surface area contributed by atoms with Gasteiger partial charge in [-0.1, -0.05) is 6.08 Å². The van der Waals surface area contributed by atoms with Crippen LogP contribution < -0.4 is 15.8 Å². The van der Waals surface area contributed by atoms with E-state index >= 15 is 0 Å². The Hall–Kier alpha value is -3.55. The topological polar surface area (TPSA) is 108 Å². The van der Waals surface area contributed by atoms with Crippen LogP contribution in [0.5, 0.6) is 5.75 Å². The van der Waals surface area contributed by atoms with Crippen molar-refractivity contribution >= 4 is 17.8 Å². The van der Waals surface area contributed by atoms with E-state index in [4.69, 9.17) is 15.2 Å². The van der Waals surface area contributed by atoms with Crippen LogP contribution >= 0.6 is 0 Å². The highest BCUT2D eigenvalue weighted by Crippen LogP contribution is 2.22. The Labute approximate surface area is 199 Å². The van der Waals surface area contributed by atoms with Gasteiger partial charge >= 0.3 is 0 Å². The highest BCUT2D eigenvalue weighted by Gasteiger charge is 2.19. The van der Waals surface area contributed by atoms with E-state index in [-0.39, 0.29) is 12.1 Å². The maximum Gasteiger partial charge on any atom is 0.245 e. The first-order valence-corrected chi connectivity index (χ1v) is 11.8. The molecule has 0 spiro atoms. The molecule has 0 bridgehead atoms. The van der Waals surface area contributed by atoms with Crippen molar-refractivity contribution in [1.29, 1.82) is 0 Å². The zero-order chi connectivity index (χ0) is 23.9. The summed E-state index contributed by atoms with van der Waals surface area (Å²) in [6.07, 6.45) is 9.01. The summed E-state index contributed by atoms with van der Waals surface area (Å²) < 4.78 is 13.0. The molecule has 2 aliphatic rings. The third-order valence-corrected chi connectivity index (χ3v) is 5.66. The number of nitrogens with two attached hydrogens (primary N) is 1. The van der Waals surface area contributed by atoms with Gasteiger partial charge < -0.3 is 25.4 Å². The highest BCUT2D eigenvalue weighted by atomic mass is 16.5. The predicted molar refractivity (Wildman–Crippen MR) is 132 cm³/mol. The highest BCUT2D eigenvalue weighted by molar-refractivity contribution is 5.65. The van der Waals surface area contributed by atoms with Crippen molar-refractivity contribution in [2.45, 2.75) is 45.3 Å². The molecular weight excluding hydrogens is 432 g/mol. The average Bonchev–Trinajstić information content (AvgIpc) is 3.47. The van der Waals surface area contributed by atoms with Crippen LogP contribution in [0.3, 0.4) is 0 Å². The molecule has 1 atom stereocenters. The number of nitrogen functional groups attached to an aromatic ring is 1. The lowest BCUT2D eigenvalue weighted by molar-refractivity contribution is 0.200. The first-order valence-electron chi connectivity index (χ1n) is 11.8. The van der Waals surface area contributed by atoms with Crippen LogP contribution in [0, 0.1) is 0 Å². The van der Waals surface area contributed by atoms with Gasteiger partial charge in [0.2, 0.25) is 11.9 Å². The van der Waals surface area contributed by atoms with Crippen molar-refractivity contribution in [2.75, 3.05) is 37.3 Å². The molecule has 1 aromatic carbocycles. The van der Waals surface area contributed by atoms with Crippen LogP contribution in [0.25, 0.3) is 5.69 Å². The molecule has 180 valence electrons. The van der Waals surface area contributed by atoms with Gasteiger partial charge in [-0.25, -0.2) is 4.79 Å². The van der Waals surface area contributed by atoms with Gasteiger partial charge in [-0.15, -0.1) is 5.10 Å². The predicted octanol–water partition coefficient (Wildman–Crippen LogP) is 3.13. The molecular formula is C25H32N6O3. The number of hydrogen-bond acceptors (Lipinski definition) is 8. The van der Waals surface area contributed by atoms with Gasteiger partial charge in [0.25, 0.3) is 0 Å². The number of rotatable bonds is 10. The molecule has 1 aromatic heterocycles. The number of benzene rings is 1. The maximum atomic E-state index is 11.6. The van der Waals surface area contributed by atoms with E-state index < -0.39 is 6.04 Å². The molecule has 34 heavy (non-hydrogen) atoms. The van der Waals surface area contributed by atoms with E-state index in [0.29, 0.717) is 23.9 Å². The number of allylic oxidation sites excluding steroid dienone is 1. The van der Waals surface area contributed by atoms with E-state index in [9.17, 15) is 4.79 Å². The first-order chi connectivity index (χ1) is 16.5. The van der Waals surface area contributed by atoms with Gasteiger partial charge in [-0.2, -0.15) is 9.67 Å². The number of likely N-dealkylation sites (tertiary alicyclic amines) is 1. The van der Waals surface area contributed by atoms with Crippen molar-refractivity contribution in [3.63, 3.8) is 0 Å². The normalized spacial score (nSPS) is 18.1. The van der Waals surface area contributed by atoms with Crippen molar-refractivity contribution in [1.82, 2.24) is 19.7 Å². The summed E-state index contributed by atoms with van der Waals surface area (Å²) in [5.41, 5.74) is 7.25. The standard InChI is InChI=1S/C25H32N6O3/c1-18(2)34-21-8-6-20(7-9-21)31-24(26)28-25(29-31)27-23-11-10-22(16-19(23)17-32)33-15-5-14-30-12-3-4-13-30/h6-11,16,18,23H,3-5,12-15H2,1-2H3,(H3,26,27,28,29). The Morgan fingerprint density at radius 1 is 1.24 bits per heavy atom. The van der Waals surface area contributed by atoms with Crippen molar-refractivity contribution in [3.8, 4) is 11.4 Å². The first kappa shape index (κ1) is 23.6. The van der Waals surface area contributed by atoms with Gasteiger partial charge in [0.05, 0.1) is 30.0 Å². The number of carbonyl (C=O) groups excluding carboxylic acids is 1. The molecule has 1 saturated heterocycles. The Bertz CT molecular complexity index is 1080. The van der Waals surface area contributed by atoms with Gasteiger partial charge in [-0.05, 0) is 82.6 Å². The molecule has 1 aliphatic carbocycles. The van der Waals surface area contributed by atoms with Crippen molar-refractivity contribution in [2.24, 2.45) is 0 Å². The van der Waals surface area contributed by atoms with Crippen molar-refractivity contribution < 1.29 is 14.3 Å². The molecule has 1 aliphatic heterocycles. The summed E-state index contributed by atoms with van der Waals surface area (Å²) in [4.78, 5) is 18.3. The van der Waals surface area contributed by atoms with E-state index in [1.807, 2.05) is 56.2 Å².